The second kappa shape index (κ2) is 5.54. The lowest BCUT2D eigenvalue weighted by Crippen LogP contribution is -2.30. The van der Waals surface area contributed by atoms with Crippen molar-refractivity contribution in [1.82, 2.24) is 10.6 Å². The molecule has 2 N–H and O–H groups in total. The fourth-order valence-corrected chi connectivity index (χ4v) is 2.15. The number of amides is 1. The predicted octanol–water partition coefficient (Wildman–Crippen LogP) is 2.45. The summed E-state index contributed by atoms with van der Waals surface area (Å²) in [6.07, 6.45) is 0. The third-order valence-electron chi connectivity index (χ3n) is 2.77. The molecule has 1 aromatic heterocycles. The van der Waals surface area contributed by atoms with Gasteiger partial charge in [0.2, 0.25) is 0 Å². The number of carbonyl (C=O) groups is 1. The summed E-state index contributed by atoms with van der Waals surface area (Å²) in [6.45, 7) is 3.21. The van der Waals surface area contributed by atoms with Gasteiger partial charge in [-0.05, 0) is 32.2 Å². The number of aryl methyl sites for hydroxylation is 1. The lowest BCUT2D eigenvalue weighted by Gasteiger charge is -2.02. The zero-order valence-corrected chi connectivity index (χ0v) is 11.9. The number of fused-ring (bicyclic) bond motifs is 1. The molecule has 0 saturated heterocycles. The van der Waals surface area contributed by atoms with Crippen molar-refractivity contribution in [3.05, 3.63) is 34.0 Å². The van der Waals surface area contributed by atoms with Gasteiger partial charge >= 0.3 is 0 Å². The van der Waals surface area contributed by atoms with Gasteiger partial charge in [0.15, 0.2) is 5.76 Å². The second-order valence-electron chi connectivity index (χ2n) is 4.06. The summed E-state index contributed by atoms with van der Waals surface area (Å²) in [5.74, 6) is 0.217. The van der Waals surface area contributed by atoms with Crippen molar-refractivity contribution in [1.29, 1.82) is 0 Å². The highest BCUT2D eigenvalue weighted by Gasteiger charge is 2.17. The first-order valence-electron chi connectivity index (χ1n) is 5.75. The average Bonchev–Trinajstić information content (AvgIpc) is 2.67. The molecule has 0 aliphatic heterocycles. The Labute approximate surface area is 114 Å². The van der Waals surface area contributed by atoms with Crippen LogP contribution in [0.2, 0.25) is 0 Å². The molecule has 0 radical (unpaired) electrons. The molecule has 0 aliphatic carbocycles. The van der Waals surface area contributed by atoms with E-state index >= 15 is 0 Å². The largest absolute Gasteiger partial charge is 0.451 e. The molecule has 4 nitrogen and oxygen atoms in total. The number of rotatable bonds is 4. The summed E-state index contributed by atoms with van der Waals surface area (Å²) >= 11 is 3.41. The maximum atomic E-state index is 12.0. The fourth-order valence-electron chi connectivity index (χ4n) is 1.79. The van der Waals surface area contributed by atoms with Gasteiger partial charge in [0.1, 0.15) is 5.58 Å². The molecule has 0 spiro atoms. The van der Waals surface area contributed by atoms with Gasteiger partial charge in [0.05, 0.1) is 0 Å². The molecule has 0 bridgehead atoms. The maximum absolute atomic E-state index is 12.0. The monoisotopic (exact) mass is 310 g/mol. The van der Waals surface area contributed by atoms with E-state index in [1.165, 1.54) is 0 Å². The summed E-state index contributed by atoms with van der Waals surface area (Å²) in [5.41, 5.74) is 1.60. The Bertz CT molecular complexity index is 578. The van der Waals surface area contributed by atoms with Crippen molar-refractivity contribution in [3.8, 4) is 0 Å². The SMILES string of the molecule is CNCCNC(=O)c1oc2ccc(Br)cc2c1C. The van der Waals surface area contributed by atoms with Crippen LogP contribution in [0.25, 0.3) is 11.0 Å². The molecule has 1 aromatic carbocycles. The highest BCUT2D eigenvalue weighted by Crippen LogP contribution is 2.27. The number of hydrogen-bond acceptors (Lipinski definition) is 3. The fraction of sp³-hybridized carbons (Fsp3) is 0.308. The lowest BCUT2D eigenvalue weighted by atomic mass is 10.1. The van der Waals surface area contributed by atoms with Crippen LogP contribution in [0.15, 0.2) is 27.1 Å². The summed E-state index contributed by atoms with van der Waals surface area (Å²) in [4.78, 5) is 12.0. The molecule has 0 aliphatic rings. The summed E-state index contributed by atoms with van der Waals surface area (Å²) in [6, 6.07) is 5.71. The van der Waals surface area contributed by atoms with Crippen molar-refractivity contribution < 1.29 is 9.21 Å². The third kappa shape index (κ3) is 2.57. The molecule has 96 valence electrons. The quantitative estimate of drug-likeness (QED) is 0.853. The molecule has 1 amide bonds. The van der Waals surface area contributed by atoms with Crippen LogP contribution in [-0.2, 0) is 0 Å². The molecule has 0 atom stereocenters. The van der Waals surface area contributed by atoms with E-state index in [9.17, 15) is 4.79 Å². The second-order valence-corrected chi connectivity index (χ2v) is 4.97. The van der Waals surface area contributed by atoms with Crippen LogP contribution >= 0.6 is 15.9 Å². The topological polar surface area (TPSA) is 54.3 Å². The molecule has 0 fully saturated rings. The van der Waals surface area contributed by atoms with Gasteiger partial charge in [-0.15, -0.1) is 0 Å². The van der Waals surface area contributed by atoms with E-state index in [2.05, 4.69) is 26.6 Å². The molecule has 0 unspecified atom stereocenters. The lowest BCUT2D eigenvalue weighted by molar-refractivity contribution is 0.0928. The maximum Gasteiger partial charge on any atom is 0.287 e. The number of furan rings is 1. The van der Waals surface area contributed by atoms with Gasteiger partial charge in [-0.3, -0.25) is 4.79 Å². The first-order chi connectivity index (χ1) is 8.63. The molecule has 2 rings (SSSR count). The van der Waals surface area contributed by atoms with E-state index in [1.807, 2.05) is 32.2 Å². The Morgan fingerprint density at radius 1 is 1.39 bits per heavy atom. The van der Waals surface area contributed by atoms with Crippen LogP contribution in [0.3, 0.4) is 0 Å². The number of hydrogen-bond donors (Lipinski definition) is 2. The van der Waals surface area contributed by atoms with Gasteiger partial charge in [0, 0.05) is 28.5 Å². The standard InChI is InChI=1S/C13H15BrN2O2/c1-8-10-7-9(14)3-4-11(10)18-12(8)13(17)16-6-5-15-2/h3-4,7,15H,5-6H2,1-2H3,(H,16,17). The minimum absolute atomic E-state index is 0.171. The Balaban J connectivity index is 2.28. The molecule has 5 heteroatoms. The van der Waals surface area contributed by atoms with Gasteiger partial charge in [-0.25, -0.2) is 0 Å². The van der Waals surface area contributed by atoms with Crippen molar-refractivity contribution in [3.63, 3.8) is 0 Å². The van der Waals surface area contributed by atoms with Crippen LogP contribution in [-0.4, -0.2) is 26.0 Å². The van der Waals surface area contributed by atoms with Crippen LogP contribution in [0.4, 0.5) is 0 Å². The van der Waals surface area contributed by atoms with E-state index < -0.39 is 0 Å². The first kappa shape index (κ1) is 13.1. The van der Waals surface area contributed by atoms with E-state index in [1.54, 1.807) is 0 Å². The molecule has 1 heterocycles. The van der Waals surface area contributed by atoms with Crippen molar-refractivity contribution in [2.45, 2.75) is 6.92 Å². The number of halogens is 1. The molecular formula is C13H15BrN2O2. The first-order valence-corrected chi connectivity index (χ1v) is 6.54. The van der Waals surface area contributed by atoms with Crippen LogP contribution in [0.1, 0.15) is 16.1 Å². The normalized spacial score (nSPS) is 10.8. The number of nitrogens with one attached hydrogen (secondary N) is 2. The van der Waals surface area contributed by atoms with Crippen molar-refractivity contribution >= 4 is 32.8 Å². The Hall–Kier alpha value is -1.33. The van der Waals surface area contributed by atoms with Crippen LogP contribution < -0.4 is 10.6 Å². The zero-order valence-electron chi connectivity index (χ0n) is 10.3. The van der Waals surface area contributed by atoms with E-state index in [0.717, 1.165) is 27.6 Å². The highest BCUT2D eigenvalue weighted by atomic mass is 79.9. The third-order valence-corrected chi connectivity index (χ3v) is 3.26. The van der Waals surface area contributed by atoms with Gasteiger partial charge < -0.3 is 15.1 Å². The van der Waals surface area contributed by atoms with Crippen molar-refractivity contribution in [2.24, 2.45) is 0 Å². The van der Waals surface area contributed by atoms with E-state index in [4.69, 9.17) is 4.42 Å². The smallest absolute Gasteiger partial charge is 0.287 e. The van der Waals surface area contributed by atoms with Gasteiger partial charge in [-0.2, -0.15) is 0 Å². The van der Waals surface area contributed by atoms with E-state index in [-0.39, 0.29) is 5.91 Å². The van der Waals surface area contributed by atoms with Crippen LogP contribution in [0, 0.1) is 6.92 Å². The van der Waals surface area contributed by atoms with E-state index in [0.29, 0.717) is 12.3 Å². The van der Waals surface area contributed by atoms with Crippen molar-refractivity contribution in [2.75, 3.05) is 20.1 Å². The minimum atomic E-state index is -0.171. The number of carbonyl (C=O) groups excluding carboxylic acids is 1. The average molecular weight is 311 g/mol. The van der Waals surface area contributed by atoms with Gasteiger partial charge in [0.25, 0.3) is 5.91 Å². The molecule has 2 aromatic rings. The number of likely N-dealkylation sites (N-methyl/N-ethyl adjacent to an activating group) is 1. The van der Waals surface area contributed by atoms with Crippen LogP contribution in [0.5, 0.6) is 0 Å². The molecule has 18 heavy (non-hydrogen) atoms. The summed E-state index contributed by atoms with van der Waals surface area (Å²) in [5, 5.41) is 6.74. The Kier molecular flexibility index (Phi) is 4.04. The van der Waals surface area contributed by atoms with Gasteiger partial charge in [-0.1, -0.05) is 15.9 Å². The summed E-state index contributed by atoms with van der Waals surface area (Å²) < 4.78 is 6.57. The Morgan fingerprint density at radius 3 is 2.89 bits per heavy atom. The molecule has 0 saturated carbocycles. The summed E-state index contributed by atoms with van der Waals surface area (Å²) in [7, 11) is 1.84. The Morgan fingerprint density at radius 2 is 2.17 bits per heavy atom. The zero-order chi connectivity index (χ0) is 13.1. The minimum Gasteiger partial charge on any atom is -0.451 e. The predicted molar refractivity (Wildman–Crippen MR) is 74.9 cm³/mol. The highest BCUT2D eigenvalue weighted by molar-refractivity contribution is 9.10. The number of benzene rings is 1. The molecular weight excluding hydrogens is 296 g/mol.